The second-order valence-corrected chi connectivity index (χ2v) is 8.17. The highest BCUT2D eigenvalue weighted by atomic mass is 32.2. The van der Waals surface area contributed by atoms with Gasteiger partial charge in [-0.3, -0.25) is 9.36 Å². The topological polar surface area (TPSA) is 78.3 Å². The molecule has 0 saturated heterocycles. The van der Waals surface area contributed by atoms with Gasteiger partial charge in [0.05, 0.1) is 12.9 Å². The number of nitrogens with zero attached hydrogens (tertiary/aromatic N) is 3. The number of carbonyl (C=O) groups excluding carboxylic acids is 1. The van der Waals surface area contributed by atoms with E-state index >= 15 is 0 Å². The first kappa shape index (κ1) is 23.4. The number of allylic oxidation sites excluding steroid dienone is 1. The number of carbonyl (C=O) groups is 1. The Bertz CT molecular complexity index is 1050. The highest BCUT2D eigenvalue weighted by Gasteiger charge is 2.20. The second-order valence-electron chi connectivity index (χ2n) is 7.23. The lowest BCUT2D eigenvalue weighted by atomic mass is 10.1. The summed E-state index contributed by atoms with van der Waals surface area (Å²) < 4.78 is 13.2. The number of hydrogen-bond acceptors (Lipinski definition) is 6. The van der Waals surface area contributed by atoms with Gasteiger partial charge in [0.25, 0.3) is 0 Å². The molecule has 32 heavy (non-hydrogen) atoms. The van der Waals surface area contributed by atoms with Crippen LogP contribution in [0.5, 0.6) is 11.5 Å². The summed E-state index contributed by atoms with van der Waals surface area (Å²) in [6.07, 6.45) is 1.42. The van der Waals surface area contributed by atoms with E-state index in [1.54, 1.807) is 13.2 Å². The molecule has 3 aromatic rings. The minimum absolute atomic E-state index is 0.0639. The van der Waals surface area contributed by atoms with Crippen molar-refractivity contribution in [3.8, 4) is 11.5 Å². The highest BCUT2D eigenvalue weighted by molar-refractivity contribution is 7.99. The Hall–Kier alpha value is -3.26. The molecule has 0 aliphatic carbocycles. The Kier molecular flexibility index (Phi) is 8.33. The minimum Gasteiger partial charge on any atom is -0.497 e. The van der Waals surface area contributed by atoms with Gasteiger partial charge in [0.2, 0.25) is 5.91 Å². The average Bonchev–Trinajstić information content (AvgIpc) is 3.20. The number of benzene rings is 2. The van der Waals surface area contributed by atoms with Crippen LogP contribution >= 0.6 is 11.8 Å². The number of hydrogen-bond donors (Lipinski definition) is 1. The summed E-state index contributed by atoms with van der Waals surface area (Å²) in [4.78, 5) is 12.3. The quantitative estimate of drug-likeness (QED) is 0.345. The Morgan fingerprint density at radius 2 is 1.97 bits per heavy atom. The maximum Gasteiger partial charge on any atom is 0.230 e. The van der Waals surface area contributed by atoms with Crippen LogP contribution in [0.15, 0.2) is 66.3 Å². The van der Waals surface area contributed by atoms with Gasteiger partial charge in [-0.15, -0.1) is 16.8 Å². The molecule has 0 bridgehead atoms. The first-order valence-corrected chi connectivity index (χ1v) is 11.3. The molecule has 1 atom stereocenters. The highest BCUT2D eigenvalue weighted by Crippen LogP contribution is 2.26. The van der Waals surface area contributed by atoms with Crippen LogP contribution in [0.2, 0.25) is 0 Å². The van der Waals surface area contributed by atoms with Crippen LogP contribution in [0.3, 0.4) is 0 Å². The van der Waals surface area contributed by atoms with Crippen molar-refractivity contribution < 1.29 is 14.3 Å². The maximum atomic E-state index is 12.3. The van der Waals surface area contributed by atoms with Gasteiger partial charge < -0.3 is 14.8 Å². The summed E-state index contributed by atoms with van der Waals surface area (Å²) in [5.41, 5.74) is 2.26. The van der Waals surface area contributed by atoms with Crippen LogP contribution in [-0.2, 0) is 17.9 Å². The van der Waals surface area contributed by atoms with E-state index in [0.29, 0.717) is 29.8 Å². The van der Waals surface area contributed by atoms with Crippen molar-refractivity contribution in [2.24, 2.45) is 0 Å². The molecule has 0 fully saturated rings. The zero-order valence-electron chi connectivity index (χ0n) is 18.6. The van der Waals surface area contributed by atoms with E-state index in [1.165, 1.54) is 17.3 Å². The molecule has 0 aliphatic rings. The molecule has 0 spiro atoms. The van der Waals surface area contributed by atoms with Crippen molar-refractivity contribution in [1.29, 1.82) is 0 Å². The molecule has 168 valence electrons. The third-order valence-electron chi connectivity index (χ3n) is 4.72. The summed E-state index contributed by atoms with van der Waals surface area (Å²) in [6, 6.07) is 15.5. The first-order chi connectivity index (χ1) is 15.5. The molecule has 1 N–H and O–H groups in total. The molecular weight excluding hydrogens is 424 g/mol. The van der Waals surface area contributed by atoms with Crippen molar-refractivity contribution in [2.45, 2.75) is 38.2 Å². The number of ether oxygens (including phenoxy) is 2. The Balaban J connectivity index is 1.61. The number of methoxy groups -OCH3 is 1. The van der Waals surface area contributed by atoms with E-state index in [2.05, 4.69) is 22.1 Å². The molecule has 0 aliphatic heterocycles. The fraction of sp³-hybridized carbons (Fsp3) is 0.292. The van der Waals surface area contributed by atoms with E-state index in [-0.39, 0.29) is 17.8 Å². The van der Waals surface area contributed by atoms with Gasteiger partial charge in [-0.1, -0.05) is 53.7 Å². The number of nitrogens with one attached hydrogen (secondary N) is 1. The van der Waals surface area contributed by atoms with Gasteiger partial charge in [0.15, 0.2) is 17.1 Å². The molecule has 0 saturated carbocycles. The van der Waals surface area contributed by atoms with Crippen molar-refractivity contribution in [2.75, 3.05) is 12.9 Å². The molecule has 3 rings (SSSR count). The van der Waals surface area contributed by atoms with Crippen LogP contribution in [-0.4, -0.2) is 33.5 Å². The minimum atomic E-state index is -0.348. The van der Waals surface area contributed by atoms with Gasteiger partial charge in [0.1, 0.15) is 11.5 Å². The number of rotatable bonds is 11. The predicted octanol–water partition coefficient (Wildman–Crippen LogP) is 4.33. The fourth-order valence-corrected chi connectivity index (χ4v) is 3.81. The van der Waals surface area contributed by atoms with Crippen LogP contribution in [0.1, 0.15) is 30.0 Å². The molecule has 1 heterocycles. The third-order valence-corrected chi connectivity index (χ3v) is 5.68. The third kappa shape index (κ3) is 6.37. The zero-order valence-corrected chi connectivity index (χ0v) is 19.4. The first-order valence-electron chi connectivity index (χ1n) is 10.3. The van der Waals surface area contributed by atoms with Gasteiger partial charge >= 0.3 is 0 Å². The van der Waals surface area contributed by atoms with E-state index in [4.69, 9.17) is 9.47 Å². The van der Waals surface area contributed by atoms with E-state index < -0.39 is 0 Å². The summed E-state index contributed by atoms with van der Waals surface area (Å²) in [6.45, 7) is 8.78. The maximum absolute atomic E-state index is 12.3. The molecular formula is C24H28N4O3S. The number of aromatic nitrogens is 3. The summed E-state index contributed by atoms with van der Waals surface area (Å²) in [7, 11) is 1.61. The largest absolute Gasteiger partial charge is 0.497 e. The molecule has 8 heteroatoms. The molecule has 1 amide bonds. The van der Waals surface area contributed by atoms with E-state index in [9.17, 15) is 4.79 Å². The molecule has 2 aromatic carbocycles. The normalized spacial score (nSPS) is 11.6. The van der Waals surface area contributed by atoms with E-state index in [0.717, 1.165) is 11.3 Å². The van der Waals surface area contributed by atoms with Crippen molar-refractivity contribution in [3.05, 3.63) is 78.1 Å². The van der Waals surface area contributed by atoms with Gasteiger partial charge in [-0.05, 0) is 31.5 Å². The van der Waals surface area contributed by atoms with Crippen molar-refractivity contribution >= 4 is 17.7 Å². The molecule has 0 radical (unpaired) electrons. The van der Waals surface area contributed by atoms with Crippen LogP contribution in [0.4, 0.5) is 0 Å². The van der Waals surface area contributed by atoms with Crippen LogP contribution in [0, 0.1) is 6.92 Å². The lowest BCUT2D eigenvalue weighted by Crippen LogP contribution is -2.24. The van der Waals surface area contributed by atoms with E-state index in [1.807, 2.05) is 66.9 Å². The number of amides is 1. The standard InChI is InChI=1S/C24H28N4O3S/c1-5-13-28-23(18(3)31-21-8-6-7-20(14-21)30-4)26-27-24(28)32-16-22(29)25-15-19-11-9-17(2)10-12-19/h5-12,14,18H,1,13,15-16H2,2-4H3,(H,25,29). The zero-order chi connectivity index (χ0) is 22.9. The van der Waals surface area contributed by atoms with Crippen LogP contribution < -0.4 is 14.8 Å². The summed E-state index contributed by atoms with van der Waals surface area (Å²) in [5, 5.41) is 12.2. The smallest absolute Gasteiger partial charge is 0.230 e. The summed E-state index contributed by atoms with van der Waals surface area (Å²) in [5.74, 6) is 2.23. The Morgan fingerprint density at radius 3 is 2.69 bits per heavy atom. The second kappa shape index (κ2) is 11.4. The monoisotopic (exact) mass is 452 g/mol. The van der Waals surface area contributed by atoms with Crippen LogP contribution in [0.25, 0.3) is 0 Å². The van der Waals surface area contributed by atoms with Crippen molar-refractivity contribution in [1.82, 2.24) is 20.1 Å². The average molecular weight is 453 g/mol. The molecule has 1 unspecified atom stereocenters. The van der Waals surface area contributed by atoms with Gasteiger partial charge in [0, 0.05) is 19.2 Å². The number of thioether (sulfide) groups is 1. The summed E-state index contributed by atoms with van der Waals surface area (Å²) >= 11 is 1.34. The Morgan fingerprint density at radius 1 is 1.22 bits per heavy atom. The lowest BCUT2D eigenvalue weighted by molar-refractivity contribution is -0.118. The SMILES string of the molecule is C=CCn1c(SCC(=O)NCc2ccc(C)cc2)nnc1C(C)Oc1cccc(OC)c1. The Labute approximate surface area is 192 Å². The lowest BCUT2D eigenvalue weighted by Gasteiger charge is -2.16. The predicted molar refractivity (Wildman–Crippen MR) is 126 cm³/mol. The number of aryl methyl sites for hydroxylation is 1. The fourth-order valence-electron chi connectivity index (χ4n) is 3.03. The van der Waals surface area contributed by atoms with Gasteiger partial charge in [-0.2, -0.15) is 0 Å². The molecule has 1 aromatic heterocycles. The molecule has 7 nitrogen and oxygen atoms in total. The van der Waals surface area contributed by atoms with Gasteiger partial charge in [-0.25, -0.2) is 0 Å². The van der Waals surface area contributed by atoms with Crippen molar-refractivity contribution in [3.63, 3.8) is 0 Å².